The third-order valence-corrected chi connectivity index (χ3v) is 10.7. The number of rotatable bonds is 48. The number of hydrogen-bond donors (Lipinski definition) is 2. The lowest BCUT2D eigenvalue weighted by Gasteiger charge is -2.27. The summed E-state index contributed by atoms with van der Waals surface area (Å²) in [5.74, 6) is -2.72. The number of anilines is 1. The van der Waals surface area contributed by atoms with Crippen LogP contribution in [0.25, 0.3) is 0 Å². The molecule has 1 aromatic carbocycles. The minimum absolute atomic E-state index is 0.0270. The summed E-state index contributed by atoms with van der Waals surface area (Å²) in [6, 6.07) is 3.53. The molecule has 1 atom stereocenters. The maximum Gasteiger partial charge on any atom is 0.264 e. The maximum atomic E-state index is 13.2. The molecule has 3 rings (SSSR count). The molecule has 1 fully saturated rings. The molecule has 2 heterocycles. The smallest absolute Gasteiger partial charge is 0.264 e. The highest BCUT2D eigenvalue weighted by Crippen LogP contribution is 2.32. The van der Waals surface area contributed by atoms with Gasteiger partial charge in [0.25, 0.3) is 11.8 Å². The Hall–Kier alpha value is -3.51. The van der Waals surface area contributed by atoms with Crippen molar-refractivity contribution in [2.24, 2.45) is 0 Å². The number of piperidine rings is 1. The van der Waals surface area contributed by atoms with Crippen LogP contribution in [0, 0.1) is 0 Å². The van der Waals surface area contributed by atoms with Crippen molar-refractivity contribution in [1.82, 2.24) is 10.2 Å². The van der Waals surface area contributed by atoms with Crippen molar-refractivity contribution in [3.63, 3.8) is 0 Å². The Bertz CT molecular complexity index is 1540. The number of ether oxygens (including phenoxy) is 12. The number of amides is 5. The van der Waals surface area contributed by atoms with Gasteiger partial charge in [-0.1, -0.05) is 51.5 Å². The molecule has 0 aromatic heterocycles. The molecule has 0 aliphatic carbocycles. The summed E-state index contributed by atoms with van der Waals surface area (Å²) in [5, 5.41) is 4.91. The minimum Gasteiger partial charge on any atom is -0.379 e. The van der Waals surface area contributed by atoms with Gasteiger partial charge in [-0.3, -0.25) is 34.2 Å². The molecule has 0 spiro atoms. The second-order valence-corrected chi connectivity index (χ2v) is 16.2. The van der Waals surface area contributed by atoms with Crippen LogP contribution in [0.2, 0.25) is 0 Å². The number of benzene rings is 1. The van der Waals surface area contributed by atoms with Crippen LogP contribution in [0.1, 0.15) is 105 Å². The highest BCUT2D eigenvalue weighted by molar-refractivity contribution is 6.26. The number of unbranched alkanes of at least 4 members (excludes halogenated alkanes) is 7. The van der Waals surface area contributed by atoms with Crippen LogP contribution in [0.4, 0.5) is 5.69 Å². The van der Waals surface area contributed by atoms with E-state index < -0.39 is 29.7 Å². The summed E-state index contributed by atoms with van der Waals surface area (Å²) in [7, 11) is 0. The van der Waals surface area contributed by atoms with E-state index in [1.165, 1.54) is 38.2 Å². The van der Waals surface area contributed by atoms with Gasteiger partial charge in [0.1, 0.15) is 6.04 Å². The summed E-state index contributed by atoms with van der Waals surface area (Å²) >= 11 is 0. The number of hydrogen-bond acceptors (Lipinski definition) is 17. The van der Waals surface area contributed by atoms with Crippen molar-refractivity contribution in [3.8, 4) is 0 Å². The Morgan fingerprint density at radius 1 is 0.507 bits per heavy atom. The van der Waals surface area contributed by atoms with Crippen LogP contribution < -0.4 is 10.6 Å². The van der Waals surface area contributed by atoms with E-state index in [0.717, 1.165) is 30.8 Å². The largest absolute Gasteiger partial charge is 0.379 e. The lowest BCUT2D eigenvalue weighted by Crippen LogP contribution is -2.54. The van der Waals surface area contributed by atoms with Crippen molar-refractivity contribution in [2.75, 3.05) is 164 Å². The van der Waals surface area contributed by atoms with Crippen LogP contribution in [0.15, 0.2) is 18.2 Å². The summed E-state index contributed by atoms with van der Waals surface area (Å²) < 4.78 is 66.4. The maximum absolute atomic E-state index is 13.2. The topological polar surface area (TPSA) is 223 Å². The number of fused-ring (bicyclic) bond motifs is 1. The zero-order chi connectivity index (χ0) is 49.3. The van der Waals surface area contributed by atoms with Crippen molar-refractivity contribution in [3.05, 3.63) is 29.3 Å². The molecule has 0 bridgehead atoms. The van der Waals surface area contributed by atoms with Gasteiger partial charge in [-0.2, -0.15) is 0 Å². The van der Waals surface area contributed by atoms with Crippen molar-refractivity contribution in [2.45, 2.75) is 90.0 Å². The number of imide groups is 2. The van der Waals surface area contributed by atoms with E-state index in [1.807, 2.05) is 0 Å². The predicted octanol–water partition coefficient (Wildman–Crippen LogP) is 4.15. The first kappa shape index (κ1) is 59.8. The molecule has 1 aromatic rings. The lowest BCUT2D eigenvalue weighted by molar-refractivity contribution is -0.136. The molecule has 0 saturated carbocycles. The van der Waals surface area contributed by atoms with Gasteiger partial charge in [0, 0.05) is 26.1 Å². The number of nitrogens with one attached hydrogen (secondary N) is 2. The Morgan fingerprint density at radius 2 is 0.884 bits per heavy atom. The summed E-state index contributed by atoms with van der Waals surface area (Å²) in [6.45, 7) is 14.5. The number of carbonyl (C=O) groups excluding carboxylic acids is 5. The molecule has 5 amide bonds. The predicted molar refractivity (Wildman–Crippen MR) is 253 cm³/mol. The van der Waals surface area contributed by atoms with E-state index in [4.69, 9.17) is 56.8 Å². The Labute approximate surface area is 408 Å². The zero-order valence-electron chi connectivity index (χ0n) is 41.2. The van der Waals surface area contributed by atoms with Crippen molar-refractivity contribution >= 4 is 35.2 Å². The number of nitrogens with zero attached hydrogens (tertiary/aromatic N) is 1. The van der Waals surface area contributed by atoms with E-state index in [0.29, 0.717) is 158 Å². The summed E-state index contributed by atoms with van der Waals surface area (Å²) in [5.41, 5.74) is 0.380. The normalized spacial score (nSPS) is 14.8. The SMILES string of the molecule is CCCCCCCCOCCOCCOCCOCCOCCOCCOCCOCCOCCOCCOCCOCCCCCC(=O)Nc1cccc2c1C(=O)N(C1CCC(=O)NC1=O)C2=O. The van der Waals surface area contributed by atoms with Crippen LogP contribution in [0.5, 0.6) is 0 Å². The molecule has 69 heavy (non-hydrogen) atoms. The second-order valence-electron chi connectivity index (χ2n) is 16.2. The lowest BCUT2D eigenvalue weighted by atomic mass is 10.0. The first-order valence-electron chi connectivity index (χ1n) is 25.0. The fourth-order valence-electron chi connectivity index (χ4n) is 7.00. The number of carbonyl (C=O) groups is 5. The molecule has 2 aliphatic rings. The third kappa shape index (κ3) is 28.2. The molecule has 1 saturated heterocycles. The van der Waals surface area contributed by atoms with Gasteiger partial charge in [0.05, 0.1) is 162 Å². The quantitative estimate of drug-likeness (QED) is 0.0692. The van der Waals surface area contributed by atoms with Crippen molar-refractivity contribution in [1.29, 1.82) is 0 Å². The summed E-state index contributed by atoms with van der Waals surface area (Å²) in [4.78, 5) is 63.7. The van der Waals surface area contributed by atoms with Gasteiger partial charge in [0.15, 0.2) is 0 Å². The first-order valence-corrected chi connectivity index (χ1v) is 25.0. The van der Waals surface area contributed by atoms with Crippen LogP contribution in [-0.4, -0.2) is 199 Å². The molecular formula is C49H81N3O17. The Morgan fingerprint density at radius 3 is 1.29 bits per heavy atom. The van der Waals surface area contributed by atoms with Gasteiger partial charge in [-0.05, 0) is 37.8 Å². The third-order valence-electron chi connectivity index (χ3n) is 10.7. The monoisotopic (exact) mass is 984 g/mol. The second kappa shape index (κ2) is 41.1. The molecule has 20 nitrogen and oxygen atoms in total. The molecule has 394 valence electrons. The van der Waals surface area contributed by atoms with E-state index >= 15 is 0 Å². The molecule has 0 radical (unpaired) electrons. The molecule has 2 aliphatic heterocycles. The van der Waals surface area contributed by atoms with E-state index in [2.05, 4.69) is 17.6 Å². The van der Waals surface area contributed by atoms with Crippen LogP contribution in [0.3, 0.4) is 0 Å². The van der Waals surface area contributed by atoms with Crippen LogP contribution >= 0.6 is 0 Å². The standard InChI is InChI=1S/C49H81N3O17/c1-2-3-4-5-6-9-17-58-19-21-60-23-25-62-27-29-64-31-33-66-35-37-68-39-40-69-38-36-67-34-32-65-30-28-63-26-24-61-22-20-59-18-10-7-8-14-44(53)50-42-13-11-12-41-46(42)49(57)52(48(41)56)43-15-16-45(54)51-47(43)55/h11-13,43H,2-10,14-40H2,1H3,(H,50,53)(H,51,54,55). The average molecular weight is 984 g/mol. The fourth-order valence-corrected chi connectivity index (χ4v) is 7.00. The summed E-state index contributed by atoms with van der Waals surface area (Å²) in [6.07, 6.45) is 10.1. The van der Waals surface area contributed by atoms with E-state index in [-0.39, 0.29) is 42.0 Å². The molecule has 1 unspecified atom stereocenters. The Balaban J connectivity index is 0.950. The molecule has 20 heteroatoms. The first-order chi connectivity index (χ1) is 33.9. The van der Waals surface area contributed by atoms with Crippen LogP contribution in [-0.2, 0) is 71.2 Å². The zero-order valence-corrected chi connectivity index (χ0v) is 41.2. The van der Waals surface area contributed by atoms with Gasteiger partial charge < -0.3 is 62.2 Å². The highest BCUT2D eigenvalue weighted by atomic mass is 16.6. The van der Waals surface area contributed by atoms with E-state index in [9.17, 15) is 24.0 Å². The minimum atomic E-state index is -1.08. The molecular weight excluding hydrogens is 903 g/mol. The van der Waals surface area contributed by atoms with E-state index in [1.54, 1.807) is 12.1 Å². The van der Waals surface area contributed by atoms with Gasteiger partial charge in [0.2, 0.25) is 17.7 Å². The average Bonchev–Trinajstić information content (AvgIpc) is 3.60. The highest BCUT2D eigenvalue weighted by Gasteiger charge is 2.45. The van der Waals surface area contributed by atoms with Crippen molar-refractivity contribution < 1.29 is 80.8 Å². The van der Waals surface area contributed by atoms with Gasteiger partial charge in [-0.25, -0.2) is 0 Å². The Kier molecular flexibility index (Phi) is 35.7. The fraction of sp³-hybridized carbons (Fsp3) is 0.776. The van der Waals surface area contributed by atoms with Gasteiger partial charge >= 0.3 is 0 Å². The van der Waals surface area contributed by atoms with Gasteiger partial charge in [-0.15, -0.1) is 0 Å². The molecule has 2 N–H and O–H groups in total.